The molecular formula is C15H26N2O. The van der Waals surface area contributed by atoms with Crippen LogP contribution < -0.4 is 4.74 Å². The van der Waals surface area contributed by atoms with Crippen LogP contribution in [-0.4, -0.2) is 36.1 Å². The van der Waals surface area contributed by atoms with Gasteiger partial charge in [-0.25, -0.2) is 0 Å². The van der Waals surface area contributed by atoms with E-state index in [1.165, 1.54) is 19.4 Å². The van der Waals surface area contributed by atoms with Crippen molar-refractivity contribution in [3.63, 3.8) is 0 Å². The molecule has 0 bridgehead atoms. The first-order chi connectivity index (χ1) is 8.75. The standard InChI is InChI=1S/C13H20N2O.C2H6/c1-11-13(7-5-8-14-11)16-12-6-3-4-9-15(2)10-12;1-2/h5,7-8,12H,3-4,6,9-10H2,1-2H3;1-2H3. The SMILES string of the molecule is CC.Cc1ncccc1OC1CCCCN(C)C1. The number of hydrogen-bond donors (Lipinski definition) is 0. The van der Waals surface area contributed by atoms with Crippen LogP contribution in [-0.2, 0) is 0 Å². The molecule has 2 heterocycles. The van der Waals surface area contributed by atoms with Gasteiger partial charge in [0.15, 0.2) is 0 Å². The number of ether oxygens (including phenoxy) is 1. The van der Waals surface area contributed by atoms with Crippen LogP contribution in [0, 0.1) is 6.92 Å². The molecule has 0 aromatic carbocycles. The topological polar surface area (TPSA) is 25.4 Å². The summed E-state index contributed by atoms with van der Waals surface area (Å²) in [7, 11) is 2.16. The normalized spacial score (nSPS) is 20.6. The summed E-state index contributed by atoms with van der Waals surface area (Å²) < 4.78 is 6.03. The number of likely N-dealkylation sites (N-methyl/N-ethyl adjacent to an activating group) is 1. The third kappa shape index (κ3) is 4.65. The summed E-state index contributed by atoms with van der Waals surface area (Å²) in [5.74, 6) is 0.933. The van der Waals surface area contributed by atoms with Crippen LogP contribution in [0.2, 0.25) is 0 Å². The number of hydrogen-bond acceptors (Lipinski definition) is 3. The van der Waals surface area contributed by atoms with Gasteiger partial charge in [-0.1, -0.05) is 13.8 Å². The Morgan fingerprint density at radius 2 is 2.11 bits per heavy atom. The van der Waals surface area contributed by atoms with Crippen molar-refractivity contribution in [3.8, 4) is 5.75 Å². The Hall–Kier alpha value is -1.09. The van der Waals surface area contributed by atoms with E-state index in [4.69, 9.17) is 4.74 Å². The van der Waals surface area contributed by atoms with Gasteiger partial charge in [0.25, 0.3) is 0 Å². The molecule has 0 spiro atoms. The van der Waals surface area contributed by atoms with Crippen molar-refractivity contribution in [2.45, 2.75) is 46.1 Å². The molecule has 18 heavy (non-hydrogen) atoms. The summed E-state index contributed by atoms with van der Waals surface area (Å²) in [4.78, 5) is 6.60. The third-order valence-electron chi connectivity index (χ3n) is 3.08. The molecule has 3 nitrogen and oxygen atoms in total. The van der Waals surface area contributed by atoms with Crippen molar-refractivity contribution in [3.05, 3.63) is 24.0 Å². The van der Waals surface area contributed by atoms with E-state index in [9.17, 15) is 0 Å². The molecule has 1 atom stereocenters. The quantitative estimate of drug-likeness (QED) is 0.805. The van der Waals surface area contributed by atoms with Gasteiger partial charge in [-0.15, -0.1) is 0 Å². The van der Waals surface area contributed by atoms with Crippen LogP contribution in [0.5, 0.6) is 5.75 Å². The minimum Gasteiger partial charge on any atom is -0.487 e. The first kappa shape index (κ1) is 15.0. The van der Waals surface area contributed by atoms with Crippen molar-refractivity contribution in [1.29, 1.82) is 0 Å². The van der Waals surface area contributed by atoms with Crippen molar-refractivity contribution in [2.75, 3.05) is 20.1 Å². The van der Waals surface area contributed by atoms with Gasteiger partial charge in [-0.05, 0) is 51.9 Å². The molecule has 1 aromatic rings. The second-order valence-corrected chi connectivity index (χ2v) is 4.58. The highest BCUT2D eigenvalue weighted by Crippen LogP contribution is 2.19. The van der Waals surface area contributed by atoms with Crippen molar-refractivity contribution in [1.82, 2.24) is 9.88 Å². The maximum absolute atomic E-state index is 6.03. The van der Waals surface area contributed by atoms with Gasteiger partial charge in [-0.2, -0.15) is 0 Å². The molecule has 1 unspecified atom stereocenters. The molecule has 0 saturated carbocycles. The zero-order valence-corrected chi connectivity index (χ0v) is 12.1. The maximum atomic E-state index is 6.03. The summed E-state index contributed by atoms with van der Waals surface area (Å²) in [5, 5.41) is 0. The Kier molecular flexibility index (Phi) is 6.73. The number of nitrogens with zero attached hydrogens (tertiary/aromatic N) is 2. The van der Waals surface area contributed by atoms with Crippen LogP contribution in [0.3, 0.4) is 0 Å². The number of pyridine rings is 1. The lowest BCUT2D eigenvalue weighted by molar-refractivity contribution is 0.154. The van der Waals surface area contributed by atoms with E-state index in [2.05, 4.69) is 16.9 Å². The Bertz CT molecular complexity index is 341. The van der Waals surface area contributed by atoms with Crippen molar-refractivity contribution >= 4 is 0 Å². The molecule has 0 radical (unpaired) electrons. The predicted molar refractivity (Wildman–Crippen MR) is 76.1 cm³/mol. The monoisotopic (exact) mass is 250 g/mol. The molecule has 1 saturated heterocycles. The van der Waals surface area contributed by atoms with E-state index in [0.717, 1.165) is 24.4 Å². The summed E-state index contributed by atoms with van der Waals surface area (Å²) in [6, 6.07) is 3.94. The number of aromatic nitrogens is 1. The van der Waals surface area contributed by atoms with Gasteiger partial charge in [0.1, 0.15) is 11.9 Å². The summed E-state index contributed by atoms with van der Waals surface area (Å²) >= 11 is 0. The molecular weight excluding hydrogens is 224 g/mol. The fourth-order valence-electron chi connectivity index (χ4n) is 2.15. The number of aryl methyl sites for hydroxylation is 1. The molecule has 0 amide bonds. The minimum absolute atomic E-state index is 0.315. The Labute approximate surface area is 111 Å². The first-order valence-corrected chi connectivity index (χ1v) is 7.02. The molecule has 1 aliphatic rings. The first-order valence-electron chi connectivity index (χ1n) is 7.02. The molecule has 0 aliphatic carbocycles. The second-order valence-electron chi connectivity index (χ2n) is 4.58. The average Bonchev–Trinajstić information content (AvgIpc) is 2.59. The highest BCUT2D eigenvalue weighted by molar-refractivity contribution is 5.25. The lowest BCUT2D eigenvalue weighted by Gasteiger charge is -2.21. The van der Waals surface area contributed by atoms with E-state index in [0.29, 0.717) is 6.10 Å². The lowest BCUT2D eigenvalue weighted by atomic mass is 10.2. The van der Waals surface area contributed by atoms with Crippen LogP contribution >= 0.6 is 0 Å². The fraction of sp³-hybridized carbons (Fsp3) is 0.667. The molecule has 2 rings (SSSR count). The van der Waals surface area contributed by atoms with E-state index < -0.39 is 0 Å². The van der Waals surface area contributed by atoms with E-state index in [1.54, 1.807) is 6.20 Å². The molecule has 3 heteroatoms. The molecule has 1 aromatic heterocycles. The van der Waals surface area contributed by atoms with Crippen molar-refractivity contribution in [2.24, 2.45) is 0 Å². The molecule has 102 valence electrons. The van der Waals surface area contributed by atoms with Crippen LogP contribution in [0.1, 0.15) is 38.8 Å². The number of likely N-dealkylation sites (tertiary alicyclic amines) is 1. The molecule has 1 fully saturated rings. The highest BCUT2D eigenvalue weighted by atomic mass is 16.5. The maximum Gasteiger partial charge on any atom is 0.140 e. The fourth-order valence-corrected chi connectivity index (χ4v) is 2.15. The second kappa shape index (κ2) is 8.09. The third-order valence-corrected chi connectivity index (χ3v) is 3.08. The average molecular weight is 250 g/mol. The van der Waals surface area contributed by atoms with Crippen LogP contribution in [0.4, 0.5) is 0 Å². The summed E-state index contributed by atoms with van der Waals surface area (Å²) in [5.41, 5.74) is 0.981. The van der Waals surface area contributed by atoms with Gasteiger partial charge in [0, 0.05) is 12.7 Å². The van der Waals surface area contributed by atoms with E-state index in [-0.39, 0.29) is 0 Å². The molecule has 0 N–H and O–H groups in total. The van der Waals surface area contributed by atoms with Gasteiger partial charge in [0.05, 0.1) is 5.69 Å². The predicted octanol–water partition coefficient (Wildman–Crippen LogP) is 3.28. The van der Waals surface area contributed by atoms with E-state index in [1.807, 2.05) is 32.9 Å². The van der Waals surface area contributed by atoms with Gasteiger partial charge < -0.3 is 9.64 Å². The number of rotatable bonds is 2. The van der Waals surface area contributed by atoms with Crippen LogP contribution in [0.25, 0.3) is 0 Å². The highest BCUT2D eigenvalue weighted by Gasteiger charge is 2.17. The van der Waals surface area contributed by atoms with Crippen LogP contribution in [0.15, 0.2) is 18.3 Å². The largest absolute Gasteiger partial charge is 0.487 e. The van der Waals surface area contributed by atoms with Gasteiger partial charge in [0.2, 0.25) is 0 Å². The Morgan fingerprint density at radius 1 is 1.33 bits per heavy atom. The van der Waals surface area contributed by atoms with Gasteiger partial charge in [-0.3, -0.25) is 4.98 Å². The molecule has 1 aliphatic heterocycles. The van der Waals surface area contributed by atoms with E-state index >= 15 is 0 Å². The van der Waals surface area contributed by atoms with Gasteiger partial charge >= 0.3 is 0 Å². The zero-order chi connectivity index (χ0) is 13.4. The Balaban J connectivity index is 0.000000771. The Morgan fingerprint density at radius 3 is 2.83 bits per heavy atom. The minimum atomic E-state index is 0.315. The smallest absolute Gasteiger partial charge is 0.140 e. The summed E-state index contributed by atoms with van der Waals surface area (Å²) in [6.45, 7) is 8.20. The lowest BCUT2D eigenvalue weighted by Crippen LogP contribution is -2.31. The van der Waals surface area contributed by atoms with Crippen molar-refractivity contribution < 1.29 is 4.74 Å². The zero-order valence-electron chi connectivity index (χ0n) is 12.1. The summed E-state index contributed by atoms with van der Waals surface area (Å²) in [6.07, 6.45) is 5.81.